The number of rotatable bonds is 5. The minimum atomic E-state index is -0.449. The van der Waals surface area contributed by atoms with Crippen molar-refractivity contribution in [1.82, 2.24) is 5.32 Å². The molecule has 0 aromatic heterocycles. The lowest BCUT2D eigenvalue weighted by atomic mass is 9.92. The first-order valence-corrected chi connectivity index (χ1v) is 7.28. The Balaban J connectivity index is 1.79. The van der Waals surface area contributed by atoms with Gasteiger partial charge in [0.25, 0.3) is 0 Å². The summed E-state index contributed by atoms with van der Waals surface area (Å²) in [5.41, 5.74) is 7.05. The summed E-state index contributed by atoms with van der Waals surface area (Å²) in [6.45, 7) is 3.48. The van der Waals surface area contributed by atoms with Gasteiger partial charge in [0, 0.05) is 18.8 Å². The molecule has 4 heteroatoms. The van der Waals surface area contributed by atoms with E-state index in [0.717, 1.165) is 19.3 Å². The number of carbonyl (C=O) groups excluding carboxylic acids is 1. The van der Waals surface area contributed by atoms with E-state index in [1.807, 2.05) is 18.2 Å². The van der Waals surface area contributed by atoms with Gasteiger partial charge in [-0.05, 0) is 38.2 Å². The molecular formula is C16H24N2O2. The molecule has 1 unspecified atom stereocenters. The van der Waals surface area contributed by atoms with E-state index in [0.29, 0.717) is 19.6 Å². The number of nitrogens with two attached hydrogens (primary N) is 1. The highest BCUT2D eigenvalue weighted by molar-refractivity contribution is 5.82. The van der Waals surface area contributed by atoms with Crippen LogP contribution in [0.3, 0.4) is 0 Å². The van der Waals surface area contributed by atoms with Crippen LogP contribution in [0.4, 0.5) is 0 Å². The van der Waals surface area contributed by atoms with E-state index >= 15 is 0 Å². The fourth-order valence-corrected chi connectivity index (χ4v) is 2.43. The number of ether oxygens (including phenoxy) is 1. The van der Waals surface area contributed by atoms with Gasteiger partial charge in [0.2, 0.25) is 5.91 Å². The van der Waals surface area contributed by atoms with Gasteiger partial charge in [-0.2, -0.15) is 0 Å². The monoisotopic (exact) mass is 276 g/mol. The second kappa shape index (κ2) is 6.86. The van der Waals surface area contributed by atoms with Crippen molar-refractivity contribution in [3.8, 4) is 0 Å². The molecule has 0 bridgehead atoms. The largest absolute Gasteiger partial charge is 0.381 e. The molecule has 0 spiro atoms. The van der Waals surface area contributed by atoms with Gasteiger partial charge in [-0.3, -0.25) is 4.79 Å². The Morgan fingerprint density at radius 3 is 2.65 bits per heavy atom. The van der Waals surface area contributed by atoms with Gasteiger partial charge >= 0.3 is 0 Å². The summed E-state index contributed by atoms with van der Waals surface area (Å²) < 4.78 is 5.33. The summed E-state index contributed by atoms with van der Waals surface area (Å²) in [6.07, 6.45) is 3.20. The summed E-state index contributed by atoms with van der Waals surface area (Å²) in [6, 6.07) is 9.67. The van der Waals surface area contributed by atoms with Gasteiger partial charge in [-0.1, -0.05) is 30.3 Å². The van der Waals surface area contributed by atoms with Gasteiger partial charge in [0.05, 0.1) is 6.04 Å². The summed E-state index contributed by atoms with van der Waals surface area (Å²) in [5.74, 6) is -0.0506. The minimum absolute atomic E-state index is 0.0506. The number of aryl methyl sites for hydroxylation is 1. The lowest BCUT2D eigenvalue weighted by molar-refractivity contribution is -0.125. The smallest absolute Gasteiger partial charge is 0.237 e. The number of carbonyl (C=O) groups is 1. The molecule has 2 rings (SSSR count). The Morgan fingerprint density at radius 1 is 1.35 bits per heavy atom. The normalized spacial score (nSPS) is 19.3. The van der Waals surface area contributed by atoms with Crippen LogP contribution in [0.25, 0.3) is 0 Å². The Morgan fingerprint density at radius 2 is 2.00 bits per heavy atom. The molecule has 1 aliphatic heterocycles. The van der Waals surface area contributed by atoms with E-state index in [1.54, 1.807) is 0 Å². The van der Waals surface area contributed by atoms with Gasteiger partial charge in [0.1, 0.15) is 0 Å². The Bertz CT molecular complexity index is 427. The average Bonchev–Trinajstić information content (AvgIpc) is 2.46. The maximum absolute atomic E-state index is 12.2. The standard InChI is InChI=1S/C16H24N2O2/c1-16(9-11-20-12-10-16)18-15(19)14(17)8-7-13-5-3-2-4-6-13/h2-6,14H,7-12,17H2,1H3,(H,18,19). The maximum Gasteiger partial charge on any atom is 0.237 e. The van der Waals surface area contributed by atoms with Crippen LogP contribution in [-0.4, -0.2) is 30.7 Å². The van der Waals surface area contributed by atoms with Crippen molar-refractivity contribution < 1.29 is 9.53 Å². The highest BCUT2D eigenvalue weighted by Gasteiger charge is 2.30. The SMILES string of the molecule is CC1(NC(=O)C(N)CCc2ccccc2)CCOCC1. The third-order valence-electron chi connectivity index (χ3n) is 3.94. The highest BCUT2D eigenvalue weighted by Crippen LogP contribution is 2.19. The van der Waals surface area contributed by atoms with E-state index < -0.39 is 6.04 Å². The van der Waals surface area contributed by atoms with Crippen LogP contribution in [0.2, 0.25) is 0 Å². The first kappa shape index (κ1) is 15.0. The predicted octanol–water partition coefficient (Wildman–Crippen LogP) is 1.63. The van der Waals surface area contributed by atoms with Gasteiger partial charge < -0.3 is 15.8 Å². The molecule has 0 radical (unpaired) electrons. The zero-order chi connectivity index (χ0) is 14.4. The van der Waals surface area contributed by atoms with Crippen molar-refractivity contribution >= 4 is 5.91 Å². The first-order valence-electron chi connectivity index (χ1n) is 7.28. The zero-order valence-electron chi connectivity index (χ0n) is 12.1. The molecule has 4 nitrogen and oxygen atoms in total. The molecule has 3 N–H and O–H groups in total. The van der Waals surface area contributed by atoms with Crippen LogP contribution in [0.1, 0.15) is 31.7 Å². The average molecular weight is 276 g/mol. The Hall–Kier alpha value is -1.39. The van der Waals surface area contributed by atoms with E-state index in [-0.39, 0.29) is 11.4 Å². The summed E-state index contributed by atoms with van der Waals surface area (Å²) in [5, 5.41) is 3.09. The van der Waals surface area contributed by atoms with Crippen molar-refractivity contribution in [2.45, 2.75) is 44.2 Å². The maximum atomic E-state index is 12.2. The molecule has 0 saturated carbocycles. The summed E-state index contributed by atoms with van der Waals surface area (Å²) in [7, 11) is 0. The molecule has 1 amide bonds. The Kier molecular flexibility index (Phi) is 5.15. The lowest BCUT2D eigenvalue weighted by Gasteiger charge is -2.35. The second-order valence-electron chi connectivity index (χ2n) is 5.79. The van der Waals surface area contributed by atoms with E-state index in [4.69, 9.17) is 10.5 Å². The highest BCUT2D eigenvalue weighted by atomic mass is 16.5. The third-order valence-corrected chi connectivity index (χ3v) is 3.94. The van der Waals surface area contributed by atoms with E-state index in [2.05, 4.69) is 24.4 Å². The molecule has 1 heterocycles. The van der Waals surface area contributed by atoms with Crippen molar-refractivity contribution in [2.24, 2.45) is 5.73 Å². The fourth-order valence-electron chi connectivity index (χ4n) is 2.43. The molecule has 1 fully saturated rings. The van der Waals surface area contributed by atoms with Crippen molar-refractivity contribution in [3.63, 3.8) is 0 Å². The number of benzene rings is 1. The summed E-state index contributed by atoms with van der Waals surface area (Å²) >= 11 is 0. The summed E-state index contributed by atoms with van der Waals surface area (Å²) in [4.78, 5) is 12.2. The molecule has 110 valence electrons. The van der Waals surface area contributed by atoms with Crippen LogP contribution in [0, 0.1) is 0 Å². The van der Waals surface area contributed by atoms with Gasteiger partial charge in [-0.15, -0.1) is 0 Å². The number of amides is 1. The molecular weight excluding hydrogens is 252 g/mol. The predicted molar refractivity (Wildman–Crippen MR) is 79.3 cm³/mol. The zero-order valence-corrected chi connectivity index (χ0v) is 12.1. The third kappa shape index (κ3) is 4.32. The molecule has 0 aliphatic carbocycles. The molecule has 1 aromatic rings. The molecule has 1 saturated heterocycles. The van der Waals surface area contributed by atoms with Crippen molar-refractivity contribution in [3.05, 3.63) is 35.9 Å². The van der Waals surface area contributed by atoms with Gasteiger partial charge in [-0.25, -0.2) is 0 Å². The van der Waals surface area contributed by atoms with Gasteiger partial charge in [0.15, 0.2) is 0 Å². The molecule has 1 atom stereocenters. The molecule has 1 aromatic carbocycles. The van der Waals surface area contributed by atoms with Crippen LogP contribution in [0.5, 0.6) is 0 Å². The Labute approximate surface area is 120 Å². The van der Waals surface area contributed by atoms with Crippen LogP contribution >= 0.6 is 0 Å². The van der Waals surface area contributed by atoms with Crippen LogP contribution in [-0.2, 0) is 16.0 Å². The second-order valence-corrected chi connectivity index (χ2v) is 5.79. The molecule has 20 heavy (non-hydrogen) atoms. The van der Waals surface area contributed by atoms with Crippen molar-refractivity contribution in [2.75, 3.05) is 13.2 Å². The first-order chi connectivity index (χ1) is 9.59. The fraction of sp³-hybridized carbons (Fsp3) is 0.562. The minimum Gasteiger partial charge on any atom is -0.381 e. The van der Waals surface area contributed by atoms with Crippen LogP contribution in [0.15, 0.2) is 30.3 Å². The number of hydrogen-bond donors (Lipinski definition) is 2. The van der Waals surface area contributed by atoms with E-state index in [9.17, 15) is 4.79 Å². The number of nitrogens with one attached hydrogen (secondary N) is 1. The van der Waals surface area contributed by atoms with Crippen LogP contribution < -0.4 is 11.1 Å². The number of hydrogen-bond acceptors (Lipinski definition) is 3. The molecule has 1 aliphatic rings. The lowest BCUT2D eigenvalue weighted by Crippen LogP contribution is -2.54. The van der Waals surface area contributed by atoms with Crippen molar-refractivity contribution in [1.29, 1.82) is 0 Å². The topological polar surface area (TPSA) is 64.4 Å². The quantitative estimate of drug-likeness (QED) is 0.859. The van der Waals surface area contributed by atoms with E-state index in [1.165, 1.54) is 5.56 Å².